The highest BCUT2D eigenvalue weighted by molar-refractivity contribution is 7.99. The van der Waals surface area contributed by atoms with Crippen molar-refractivity contribution in [3.05, 3.63) is 46.5 Å². The van der Waals surface area contributed by atoms with Crippen LogP contribution in [0.25, 0.3) is 10.6 Å². The van der Waals surface area contributed by atoms with E-state index in [0.29, 0.717) is 58.7 Å². The Kier molecular flexibility index (Phi) is 8.92. The second-order valence-electron chi connectivity index (χ2n) is 12.3. The van der Waals surface area contributed by atoms with Gasteiger partial charge in [-0.2, -0.15) is 13.2 Å². The third-order valence-electron chi connectivity index (χ3n) is 9.14. The summed E-state index contributed by atoms with van der Waals surface area (Å²) < 4.78 is 53.3. The molecule has 1 amide bonds. The maximum Gasteiger partial charge on any atom is 0.420 e. The zero-order valence-electron chi connectivity index (χ0n) is 25.8. The molecule has 0 radical (unpaired) electrons. The molecule has 1 saturated carbocycles. The van der Waals surface area contributed by atoms with E-state index in [1.54, 1.807) is 18.1 Å². The number of fused-ring (bicyclic) bond motifs is 1. The van der Waals surface area contributed by atoms with Gasteiger partial charge in [-0.1, -0.05) is 0 Å². The van der Waals surface area contributed by atoms with Gasteiger partial charge in [-0.15, -0.1) is 23.1 Å². The molecule has 1 atom stereocenters. The summed E-state index contributed by atoms with van der Waals surface area (Å²) in [5.41, 5.74) is 1.92. The third kappa shape index (κ3) is 6.46. The molecule has 46 heavy (non-hydrogen) atoms. The largest absolute Gasteiger partial charge is 0.420 e. The molecule has 0 spiro atoms. The van der Waals surface area contributed by atoms with Gasteiger partial charge < -0.3 is 24.6 Å². The second kappa shape index (κ2) is 12.9. The van der Waals surface area contributed by atoms with E-state index < -0.39 is 11.7 Å². The lowest BCUT2D eigenvalue weighted by atomic mass is 10.1. The van der Waals surface area contributed by atoms with Gasteiger partial charge in [-0.05, 0) is 55.5 Å². The van der Waals surface area contributed by atoms with Gasteiger partial charge in [0.1, 0.15) is 10.4 Å². The van der Waals surface area contributed by atoms with Crippen LogP contribution in [0.4, 0.5) is 30.5 Å². The number of nitrogens with zero attached hydrogens (tertiary/aromatic N) is 5. The number of carbonyl (C=O) groups is 1. The van der Waals surface area contributed by atoms with Gasteiger partial charge in [0.15, 0.2) is 0 Å². The Morgan fingerprint density at radius 3 is 2.67 bits per heavy atom. The van der Waals surface area contributed by atoms with Gasteiger partial charge in [0.05, 0.1) is 36.4 Å². The molecule has 1 aromatic carbocycles. The van der Waals surface area contributed by atoms with Crippen LogP contribution in [0.15, 0.2) is 35.4 Å². The van der Waals surface area contributed by atoms with Gasteiger partial charge in [0, 0.05) is 74.1 Å². The number of halogens is 3. The highest BCUT2D eigenvalue weighted by Gasteiger charge is 2.38. The number of thioether (sulfide) groups is 1. The average molecular weight is 675 g/mol. The first-order chi connectivity index (χ1) is 22.2. The lowest BCUT2D eigenvalue weighted by molar-refractivity contribution is -0.137. The highest BCUT2D eigenvalue weighted by atomic mass is 32.2. The summed E-state index contributed by atoms with van der Waals surface area (Å²) in [6.45, 7) is 8.18. The molecular formula is C32H37F3N6O3S2. The minimum Gasteiger partial charge on any atom is -0.383 e. The molecule has 2 aromatic heterocycles. The second-order valence-corrected chi connectivity index (χ2v) is 14.5. The van der Waals surface area contributed by atoms with Crippen molar-refractivity contribution in [3.8, 4) is 10.6 Å². The number of amides is 1. The molecule has 14 heteroatoms. The van der Waals surface area contributed by atoms with Crippen molar-refractivity contribution in [2.75, 3.05) is 75.6 Å². The quantitative estimate of drug-likeness (QED) is 0.296. The van der Waals surface area contributed by atoms with Gasteiger partial charge in [-0.25, -0.2) is 9.97 Å². The SMILES string of the molecule is COCCN1CCN(c2ccc(Nc3ncc(C(F)(F)F)c(-c4cc5c(s4)C(=O)N(C4COC4)CCS5)n3)c(C3CC3)c2)CC1C. The Hall–Kier alpha value is -2.91. The molecule has 4 aliphatic rings. The van der Waals surface area contributed by atoms with Crippen molar-refractivity contribution >= 4 is 46.3 Å². The van der Waals surface area contributed by atoms with E-state index in [4.69, 9.17) is 9.47 Å². The first kappa shape index (κ1) is 31.7. The van der Waals surface area contributed by atoms with Crippen LogP contribution in [0.5, 0.6) is 0 Å². The van der Waals surface area contributed by atoms with Crippen molar-refractivity contribution in [1.29, 1.82) is 0 Å². The van der Waals surface area contributed by atoms with Crippen LogP contribution in [-0.2, 0) is 15.7 Å². The van der Waals surface area contributed by atoms with Crippen molar-refractivity contribution in [2.24, 2.45) is 0 Å². The van der Waals surface area contributed by atoms with E-state index in [9.17, 15) is 18.0 Å². The molecule has 1 N–H and O–H groups in total. The molecule has 3 aromatic rings. The lowest BCUT2D eigenvalue weighted by Gasteiger charge is -2.41. The van der Waals surface area contributed by atoms with E-state index in [1.807, 2.05) is 6.07 Å². The first-order valence-electron chi connectivity index (χ1n) is 15.7. The molecule has 3 aliphatic heterocycles. The predicted octanol–water partition coefficient (Wildman–Crippen LogP) is 5.95. The van der Waals surface area contributed by atoms with E-state index in [0.717, 1.165) is 73.5 Å². The molecule has 1 unspecified atom stereocenters. The molecule has 2 saturated heterocycles. The van der Waals surface area contributed by atoms with Crippen LogP contribution < -0.4 is 10.2 Å². The fraction of sp³-hybridized carbons (Fsp3) is 0.531. The van der Waals surface area contributed by atoms with Gasteiger partial charge in [0.25, 0.3) is 5.91 Å². The number of methoxy groups -OCH3 is 1. The number of thiophene rings is 1. The summed E-state index contributed by atoms with van der Waals surface area (Å²) in [6, 6.07) is 8.33. The van der Waals surface area contributed by atoms with E-state index in [2.05, 4.69) is 44.1 Å². The Morgan fingerprint density at radius 2 is 1.98 bits per heavy atom. The number of piperazine rings is 1. The Labute approximate surface area is 274 Å². The van der Waals surface area contributed by atoms with Gasteiger partial charge >= 0.3 is 6.18 Å². The molecular weight excluding hydrogens is 638 g/mol. The van der Waals surface area contributed by atoms with E-state index >= 15 is 0 Å². The van der Waals surface area contributed by atoms with Crippen molar-refractivity contribution in [1.82, 2.24) is 19.8 Å². The normalized spacial score (nSPS) is 21.2. The van der Waals surface area contributed by atoms with Crippen molar-refractivity contribution in [3.63, 3.8) is 0 Å². The fourth-order valence-corrected chi connectivity index (χ4v) is 8.62. The summed E-state index contributed by atoms with van der Waals surface area (Å²) in [5, 5.41) is 3.25. The van der Waals surface area contributed by atoms with Crippen LogP contribution >= 0.6 is 23.1 Å². The topological polar surface area (TPSA) is 83.1 Å². The van der Waals surface area contributed by atoms with E-state index in [1.165, 1.54) is 11.8 Å². The van der Waals surface area contributed by atoms with Gasteiger partial charge in [0.2, 0.25) is 5.95 Å². The number of aromatic nitrogens is 2. The summed E-state index contributed by atoms with van der Waals surface area (Å²) in [6.07, 6.45) is -1.69. The number of hydrogen-bond donors (Lipinski definition) is 1. The molecule has 246 valence electrons. The molecule has 5 heterocycles. The number of nitrogens with one attached hydrogen (secondary N) is 1. The van der Waals surface area contributed by atoms with Crippen molar-refractivity contribution < 1.29 is 27.4 Å². The number of rotatable bonds is 9. The molecule has 9 nitrogen and oxygen atoms in total. The molecule has 7 rings (SSSR count). The minimum atomic E-state index is -4.66. The van der Waals surface area contributed by atoms with Crippen LogP contribution in [-0.4, -0.2) is 103 Å². The van der Waals surface area contributed by atoms with Gasteiger partial charge in [-0.3, -0.25) is 9.69 Å². The Balaban J connectivity index is 1.16. The molecule has 3 fully saturated rings. The summed E-state index contributed by atoms with van der Waals surface area (Å²) in [7, 11) is 1.73. The smallest absolute Gasteiger partial charge is 0.383 e. The zero-order valence-corrected chi connectivity index (χ0v) is 27.4. The zero-order chi connectivity index (χ0) is 32.0. The Morgan fingerprint density at radius 1 is 1.15 bits per heavy atom. The number of ether oxygens (including phenoxy) is 2. The van der Waals surface area contributed by atoms with E-state index in [-0.39, 0.29) is 23.6 Å². The lowest BCUT2D eigenvalue weighted by Crippen LogP contribution is -2.52. The molecule has 0 bridgehead atoms. The fourth-order valence-electron chi connectivity index (χ4n) is 6.31. The number of alkyl halides is 3. The van der Waals surface area contributed by atoms with Crippen LogP contribution in [0.2, 0.25) is 0 Å². The standard InChI is InChI=1S/C32H37F3N6O3S2/c1-19-16-40(8-7-39(19)9-11-43-2)21-5-6-25(23(13-21)20-3-4-20)37-31-36-15-24(32(33,34)35)28(38-31)26-14-27-29(46-26)30(42)41(10-12-45-27)22-17-44-18-22/h5-6,13-15,19-20,22H,3-4,7-12,16-18H2,1-2H3,(H,36,37,38). The number of benzene rings is 1. The Bertz CT molecular complexity index is 1600. The third-order valence-corrected chi connectivity index (χ3v) is 11.4. The summed E-state index contributed by atoms with van der Waals surface area (Å²) >= 11 is 2.55. The highest BCUT2D eigenvalue weighted by Crippen LogP contribution is 2.46. The average Bonchev–Trinajstić information content (AvgIpc) is 3.79. The van der Waals surface area contributed by atoms with Crippen LogP contribution in [0, 0.1) is 0 Å². The summed E-state index contributed by atoms with van der Waals surface area (Å²) in [4.78, 5) is 30.0. The van der Waals surface area contributed by atoms with Crippen LogP contribution in [0.3, 0.4) is 0 Å². The number of anilines is 3. The molecule has 1 aliphatic carbocycles. The van der Waals surface area contributed by atoms with Crippen LogP contribution in [0.1, 0.15) is 46.5 Å². The maximum atomic E-state index is 14.2. The predicted molar refractivity (Wildman–Crippen MR) is 174 cm³/mol. The number of hydrogen-bond acceptors (Lipinski definition) is 10. The maximum absolute atomic E-state index is 14.2. The first-order valence-corrected chi connectivity index (χ1v) is 17.5. The van der Waals surface area contributed by atoms with Crippen molar-refractivity contribution in [2.45, 2.75) is 48.8 Å². The monoisotopic (exact) mass is 674 g/mol. The minimum absolute atomic E-state index is 0.00569. The summed E-state index contributed by atoms with van der Waals surface area (Å²) in [5.74, 6) is 0.979. The number of carbonyl (C=O) groups excluding carboxylic acids is 1.